The molecule has 1 N–H and O–H groups in total. The van der Waals surface area contributed by atoms with Crippen molar-refractivity contribution in [1.82, 2.24) is 9.62 Å². The van der Waals surface area contributed by atoms with Gasteiger partial charge in [-0.3, -0.25) is 4.79 Å². The van der Waals surface area contributed by atoms with Crippen LogP contribution < -0.4 is 5.32 Å². The van der Waals surface area contributed by atoms with Gasteiger partial charge in [0.25, 0.3) is 0 Å². The summed E-state index contributed by atoms with van der Waals surface area (Å²) < 4.78 is 25.2. The Bertz CT molecular complexity index is 714. The Morgan fingerprint density at radius 3 is 2.67 bits per heavy atom. The van der Waals surface area contributed by atoms with Crippen LogP contribution >= 0.6 is 11.6 Å². The van der Waals surface area contributed by atoms with Crippen molar-refractivity contribution in [2.45, 2.75) is 38.1 Å². The molecule has 7 heteroatoms. The molecule has 1 aromatic rings. The number of carbonyl (C=O) groups is 1. The maximum Gasteiger partial charge on any atom is 0.223 e. The number of hydrogen-bond donors (Lipinski definition) is 1. The number of carbonyl (C=O) groups excluding carboxylic acids is 1. The summed E-state index contributed by atoms with van der Waals surface area (Å²) in [6.45, 7) is 2.64. The Hall–Kier alpha value is -1.11. The highest BCUT2D eigenvalue weighted by Gasteiger charge is 2.44. The lowest BCUT2D eigenvalue weighted by atomic mass is 10.1. The Balaban J connectivity index is 1.49. The van der Waals surface area contributed by atoms with Gasteiger partial charge in [-0.05, 0) is 49.8 Å². The molecule has 0 unspecified atom stereocenters. The van der Waals surface area contributed by atoms with Crippen molar-refractivity contribution in [1.29, 1.82) is 0 Å². The molecule has 24 heavy (non-hydrogen) atoms. The fourth-order valence-corrected chi connectivity index (χ4v) is 4.69. The minimum absolute atomic E-state index is 0.0147. The predicted molar refractivity (Wildman–Crippen MR) is 94.5 cm³/mol. The number of halogens is 1. The summed E-state index contributed by atoms with van der Waals surface area (Å²) in [6, 6.07) is 7.75. The molecular formula is C17H23ClN2O3S. The van der Waals surface area contributed by atoms with Gasteiger partial charge in [0.05, 0.1) is 5.75 Å². The molecule has 0 radical (unpaired) electrons. The number of benzene rings is 1. The highest BCUT2D eigenvalue weighted by molar-refractivity contribution is 7.89. The predicted octanol–water partition coefficient (Wildman–Crippen LogP) is 2.37. The molecular weight excluding hydrogens is 348 g/mol. The lowest BCUT2D eigenvalue weighted by Crippen LogP contribution is -2.47. The van der Waals surface area contributed by atoms with Gasteiger partial charge < -0.3 is 5.32 Å². The second kappa shape index (κ2) is 7.02. The summed E-state index contributed by atoms with van der Waals surface area (Å²) in [5, 5.41) is 3.79. The molecule has 3 rings (SSSR count). The quantitative estimate of drug-likeness (QED) is 0.865. The number of amides is 1. The van der Waals surface area contributed by atoms with Crippen molar-refractivity contribution in [2.24, 2.45) is 5.92 Å². The van der Waals surface area contributed by atoms with Crippen LogP contribution in [0.3, 0.4) is 0 Å². The third-order valence-electron chi connectivity index (χ3n) is 4.96. The van der Waals surface area contributed by atoms with E-state index in [-0.39, 0.29) is 29.5 Å². The van der Waals surface area contributed by atoms with E-state index in [1.807, 2.05) is 24.3 Å². The summed E-state index contributed by atoms with van der Waals surface area (Å²) in [6.07, 6.45) is 2.22. The highest BCUT2D eigenvalue weighted by atomic mass is 35.5. The number of rotatable bonds is 5. The van der Waals surface area contributed by atoms with Gasteiger partial charge in [0.15, 0.2) is 0 Å². The minimum atomic E-state index is -3.12. The maximum atomic E-state index is 12.4. The number of nitrogens with one attached hydrogen (secondary N) is 1. The van der Waals surface area contributed by atoms with Gasteiger partial charge in [-0.15, -0.1) is 0 Å². The van der Waals surface area contributed by atoms with E-state index in [0.29, 0.717) is 31.0 Å². The summed E-state index contributed by atoms with van der Waals surface area (Å²) in [5.74, 6) is 0.481. The van der Waals surface area contributed by atoms with Crippen LogP contribution in [0, 0.1) is 5.92 Å². The monoisotopic (exact) mass is 370 g/mol. The third-order valence-corrected chi connectivity index (χ3v) is 7.08. The molecule has 1 aromatic carbocycles. The van der Waals surface area contributed by atoms with E-state index in [4.69, 9.17) is 11.6 Å². The van der Waals surface area contributed by atoms with Crippen molar-refractivity contribution >= 4 is 27.5 Å². The van der Waals surface area contributed by atoms with Crippen LogP contribution in [0.1, 0.15) is 37.7 Å². The van der Waals surface area contributed by atoms with E-state index in [1.165, 1.54) is 4.31 Å². The van der Waals surface area contributed by atoms with Crippen molar-refractivity contribution in [2.75, 3.05) is 18.8 Å². The van der Waals surface area contributed by atoms with E-state index in [2.05, 4.69) is 5.32 Å². The Kier molecular flexibility index (Phi) is 5.18. The Morgan fingerprint density at radius 1 is 1.33 bits per heavy atom. The van der Waals surface area contributed by atoms with Gasteiger partial charge in [0.2, 0.25) is 15.9 Å². The average Bonchev–Trinajstić information content (AvgIpc) is 3.36. The SMILES string of the molecule is CCS(=O)(=O)N1CCC(NC(=O)[C@H]2C[C@H]2c2cccc(Cl)c2)CC1. The molecule has 0 bridgehead atoms. The second-order valence-corrected chi connectivity index (χ2v) is 9.28. The smallest absolute Gasteiger partial charge is 0.223 e. The summed E-state index contributed by atoms with van der Waals surface area (Å²) in [5.41, 5.74) is 1.12. The molecule has 2 atom stereocenters. The van der Waals surface area contributed by atoms with Crippen LogP contribution in [0.2, 0.25) is 5.02 Å². The van der Waals surface area contributed by atoms with E-state index < -0.39 is 10.0 Å². The van der Waals surface area contributed by atoms with Gasteiger partial charge in [-0.1, -0.05) is 23.7 Å². The van der Waals surface area contributed by atoms with Crippen molar-refractivity contribution in [3.63, 3.8) is 0 Å². The van der Waals surface area contributed by atoms with Gasteiger partial charge in [-0.25, -0.2) is 12.7 Å². The molecule has 1 aliphatic heterocycles. The minimum Gasteiger partial charge on any atom is -0.353 e. The number of nitrogens with zero attached hydrogens (tertiary/aromatic N) is 1. The first-order valence-corrected chi connectivity index (χ1v) is 10.4. The summed E-state index contributed by atoms with van der Waals surface area (Å²) in [7, 11) is -3.12. The standard InChI is InChI=1S/C17H23ClN2O3S/c1-2-24(22,23)20-8-6-14(7-9-20)19-17(21)16-11-15(16)12-4-3-5-13(18)10-12/h3-5,10,14-16H,2,6-9,11H2,1H3,(H,19,21)/t15-,16-/m0/s1. The van der Waals surface area contributed by atoms with Gasteiger partial charge in [-0.2, -0.15) is 0 Å². The molecule has 132 valence electrons. The molecule has 1 aliphatic carbocycles. The maximum absolute atomic E-state index is 12.4. The topological polar surface area (TPSA) is 66.5 Å². The first kappa shape index (κ1) is 17.7. The summed E-state index contributed by atoms with van der Waals surface area (Å²) in [4.78, 5) is 12.4. The normalized spacial score (nSPS) is 25.4. The zero-order chi connectivity index (χ0) is 17.3. The van der Waals surface area contributed by atoms with E-state index in [0.717, 1.165) is 12.0 Å². The van der Waals surface area contributed by atoms with Crippen LogP contribution in [-0.4, -0.2) is 43.5 Å². The molecule has 0 aromatic heterocycles. The fraction of sp³-hybridized carbons (Fsp3) is 0.588. The zero-order valence-corrected chi connectivity index (χ0v) is 15.3. The zero-order valence-electron chi connectivity index (χ0n) is 13.7. The molecule has 1 saturated heterocycles. The molecule has 0 spiro atoms. The Morgan fingerprint density at radius 2 is 2.04 bits per heavy atom. The fourth-order valence-electron chi connectivity index (χ4n) is 3.36. The molecule has 1 heterocycles. The van der Waals surface area contributed by atoms with Crippen LogP contribution in [-0.2, 0) is 14.8 Å². The van der Waals surface area contributed by atoms with Crippen LogP contribution in [0.5, 0.6) is 0 Å². The summed E-state index contributed by atoms with van der Waals surface area (Å²) >= 11 is 6.01. The van der Waals surface area contributed by atoms with E-state index in [9.17, 15) is 13.2 Å². The van der Waals surface area contributed by atoms with Crippen LogP contribution in [0.25, 0.3) is 0 Å². The number of piperidine rings is 1. The third kappa shape index (κ3) is 3.92. The average molecular weight is 371 g/mol. The lowest BCUT2D eigenvalue weighted by molar-refractivity contribution is -0.123. The van der Waals surface area contributed by atoms with Crippen LogP contribution in [0.4, 0.5) is 0 Å². The first-order chi connectivity index (χ1) is 11.4. The van der Waals surface area contributed by atoms with Gasteiger partial charge in [0, 0.05) is 30.1 Å². The largest absolute Gasteiger partial charge is 0.353 e. The molecule has 1 saturated carbocycles. The van der Waals surface area contributed by atoms with E-state index >= 15 is 0 Å². The van der Waals surface area contributed by atoms with Gasteiger partial charge in [0.1, 0.15) is 0 Å². The highest BCUT2D eigenvalue weighted by Crippen LogP contribution is 2.48. The van der Waals surface area contributed by atoms with Crippen molar-refractivity contribution in [3.8, 4) is 0 Å². The van der Waals surface area contributed by atoms with Gasteiger partial charge >= 0.3 is 0 Å². The lowest BCUT2D eigenvalue weighted by Gasteiger charge is -2.31. The number of sulfonamides is 1. The van der Waals surface area contributed by atoms with Crippen molar-refractivity contribution < 1.29 is 13.2 Å². The Labute approximate surface area is 148 Å². The molecule has 5 nitrogen and oxygen atoms in total. The second-order valence-electron chi connectivity index (χ2n) is 6.59. The number of hydrogen-bond acceptors (Lipinski definition) is 3. The molecule has 2 aliphatic rings. The molecule has 2 fully saturated rings. The first-order valence-electron chi connectivity index (χ1n) is 8.44. The van der Waals surface area contributed by atoms with Crippen molar-refractivity contribution in [3.05, 3.63) is 34.9 Å². The van der Waals surface area contributed by atoms with E-state index in [1.54, 1.807) is 6.92 Å². The van der Waals surface area contributed by atoms with Crippen LogP contribution in [0.15, 0.2) is 24.3 Å². The molecule has 1 amide bonds.